The molecule has 1 N–H and O–H groups in total. The first-order valence-electron chi connectivity index (χ1n) is 7.07. The van der Waals surface area contributed by atoms with E-state index in [1.165, 1.54) is 0 Å². The summed E-state index contributed by atoms with van der Waals surface area (Å²) in [4.78, 5) is 22.9. The minimum absolute atomic E-state index is 0.0353. The Kier molecular flexibility index (Phi) is 8.65. The van der Waals surface area contributed by atoms with Gasteiger partial charge in [0.25, 0.3) is 0 Å². The summed E-state index contributed by atoms with van der Waals surface area (Å²) >= 11 is 0. The Balaban J connectivity index is 3.53. The molecule has 0 aliphatic rings. The maximum Gasteiger partial charge on any atom is 0.246 e. The highest BCUT2D eigenvalue weighted by Crippen LogP contribution is 2.10. The number of carbonyl (C=O) groups excluding carboxylic acids is 2. The molecule has 0 aliphatic heterocycles. The summed E-state index contributed by atoms with van der Waals surface area (Å²) in [6, 6.07) is 0. The molecule has 0 atom stereocenters. The minimum Gasteiger partial charge on any atom is -0.371 e. The van der Waals surface area contributed by atoms with Crippen LogP contribution in [-0.4, -0.2) is 31.4 Å². The Morgan fingerprint density at radius 3 is 2.32 bits per heavy atom. The van der Waals surface area contributed by atoms with Gasteiger partial charge >= 0.3 is 0 Å². The second kappa shape index (κ2) is 9.08. The Morgan fingerprint density at radius 1 is 1.16 bits per heavy atom. The zero-order valence-corrected chi connectivity index (χ0v) is 13.0. The number of ketones is 1. The molecule has 4 heteroatoms. The van der Waals surface area contributed by atoms with Crippen LogP contribution in [0.15, 0.2) is 0 Å². The highest BCUT2D eigenvalue weighted by molar-refractivity contribution is 5.79. The molecule has 1 amide bonds. The Bertz CT molecular complexity index is 280. The van der Waals surface area contributed by atoms with E-state index >= 15 is 0 Å². The molecule has 0 heterocycles. The number of amides is 1. The van der Waals surface area contributed by atoms with Gasteiger partial charge in [0.15, 0.2) is 0 Å². The average molecular weight is 271 g/mol. The zero-order chi connectivity index (χ0) is 14.9. The van der Waals surface area contributed by atoms with Crippen LogP contribution in [0.3, 0.4) is 0 Å². The van der Waals surface area contributed by atoms with Crippen LogP contribution < -0.4 is 5.32 Å². The third kappa shape index (κ3) is 13.3. The highest BCUT2D eigenvalue weighted by Gasteiger charge is 2.12. The van der Waals surface area contributed by atoms with Crippen molar-refractivity contribution in [2.45, 2.75) is 53.9 Å². The zero-order valence-electron chi connectivity index (χ0n) is 13.0. The number of hydrogen-bond acceptors (Lipinski definition) is 3. The molecule has 0 aromatic rings. The van der Waals surface area contributed by atoms with Gasteiger partial charge in [-0.1, -0.05) is 34.6 Å². The first kappa shape index (κ1) is 18.1. The van der Waals surface area contributed by atoms with Gasteiger partial charge in [0.05, 0.1) is 6.61 Å². The molecular formula is C15H29NO3. The summed E-state index contributed by atoms with van der Waals surface area (Å²) in [5.74, 6) is 0.640. The van der Waals surface area contributed by atoms with E-state index in [1.54, 1.807) is 0 Å². The smallest absolute Gasteiger partial charge is 0.246 e. The maximum absolute atomic E-state index is 11.5. The van der Waals surface area contributed by atoms with Gasteiger partial charge in [-0.25, -0.2) is 0 Å². The highest BCUT2D eigenvalue weighted by atomic mass is 16.5. The molecule has 19 heavy (non-hydrogen) atoms. The van der Waals surface area contributed by atoms with Gasteiger partial charge in [0.1, 0.15) is 12.4 Å². The molecule has 0 fully saturated rings. The topological polar surface area (TPSA) is 55.4 Å². The number of Topliss-reactive ketones (excluding diaryl/α,β-unsaturated/α-hetero) is 1. The van der Waals surface area contributed by atoms with Crippen LogP contribution in [0.1, 0.15) is 53.9 Å². The van der Waals surface area contributed by atoms with Gasteiger partial charge < -0.3 is 10.1 Å². The minimum atomic E-state index is -0.121. The lowest BCUT2D eigenvalue weighted by Crippen LogP contribution is -2.34. The van der Waals surface area contributed by atoms with E-state index in [1.807, 2.05) is 0 Å². The molecule has 0 radical (unpaired) electrons. The van der Waals surface area contributed by atoms with E-state index in [4.69, 9.17) is 4.74 Å². The van der Waals surface area contributed by atoms with Crippen LogP contribution >= 0.6 is 0 Å². The van der Waals surface area contributed by atoms with Gasteiger partial charge in [0.2, 0.25) is 5.91 Å². The lowest BCUT2D eigenvalue weighted by atomic mass is 9.97. The summed E-state index contributed by atoms with van der Waals surface area (Å²) in [5, 5.41) is 2.80. The molecule has 0 aliphatic carbocycles. The first-order valence-corrected chi connectivity index (χ1v) is 7.07. The number of rotatable bonds is 9. The summed E-state index contributed by atoms with van der Waals surface area (Å²) in [6.07, 6.45) is 1.93. The molecule has 0 aromatic carbocycles. The van der Waals surface area contributed by atoms with E-state index in [0.717, 1.165) is 6.42 Å². The Morgan fingerprint density at radius 2 is 1.79 bits per heavy atom. The standard InChI is InChI=1S/C15H29NO3/c1-12(2)6-7-13(17)8-9-19-10-14(18)16-11-15(3,4)5/h12H,6-11H2,1-5H3,(H,16,18). The van der Waals surface area contributed by atoms with Crippen molar-refractivity contribution >= 4 is 11.7 Å². The molecule has 0 bridgehead atoms. The van der Waals surface area contributed by atoms with Crippen LogP contribution in [0.4, 0.5) is 0 Å². The molecule has 0 aromatic heterocycles. The fraction of sp³-hybridized carbons (Fsp3) is 0.867. The fourth-order valence-corrected chi connectivity index (χ4v) is 1.34. The predicted molar refractivity (Wildman–Crippen MR) is 77.0 cm³/mol. The fourth-order valence-electron chi connectivity index (χ4n) is 1.34. The van der Waals surface area contributed by atoms with Crippen molar-refractivity contribution in [1.82, 2.24) is 5.32 Å². The quantitative estimate of drug-likeness (QED) is 0.656. The second-order valence-electron chi connectivity index (χ2n) is 6.61. The normalized spacial score (nSPS) is 11.7. The monoisotopic (exact) mass is 271 g/mol. The van der Waals surface area contributed by atoms with Gasteiger partial charge in [0, 0.05) is 19.4 Å². The summed E-state index contributed by atoms with van der Waals surface area (Å²) in [7, 11) is 0. The third-order valence-electron chi connectivity index (χ3n) is 2.57. The molecule has 112 valence electrons. The van der Waals surface area contributed by atoms with Crippen molar-refractivity contribution in [1.29, 1.82) is 0 Å². The van der Waals surface area contributed by atoms with Gasteiger partial charge in [-0.15, -0.1) is 0 Å². The second-order valence-corrected chi connectivity index (χ2v) is 6.61. The lowest BCUT2D eigenvalue weighted by Gasteiger charge is -2.18. The van der Waals surface area contributed by atoms with Gasteiger partial charge in [-0.3, -0.25) is 9.59 Å². The first-order chi connectivity index (χ1) is 8.70. The van der Waals surface area contributed by atoms with E-state index in [2.05, 4.69) is 39.9 Å². The van der Waals surface area contributed by atoms with E-state index in [9.17, 15) is 9.59 Å². The van der Waals surface area contributed by atoms with Crippen LogP contribution in [0.2, 0.25) is 0 Å². The van der Waals surface area contributed by atoms with E-state index < -0.39 is 0 Å². The number of ether oxygens (including phenoxy) is 1. The lowest BCUT2D eigenvalue weighted by molar-refractivity contribution is -0.128. The largest absolute Gasteiger partial charge is 0.371 e. The van der Waals surface area contributed by atoms with Crippen molar-refractivity contribution in [2.75, 3.05) is 19.8 Å². The summed E-state index contributed by atoms with van der Waals surface area (Å²) in [6.45, 7) is 11.4. The van der Waals surface area contributed by atoms with Crippen LogP contribution in [0, 0.1) is 11.3 Å². The summed E-state index contributed by atoms with van der Waals surface area (Å²) < 4.78 is 5.21. The molecule has 0 spiro atoms. The van der Waals surface area contributed by atoms with E-state index in [0.29, 0.717) is 31.9 Å². The maximum atomic E-state index is 11.5. The van der Waals surface area contributed by atoms with Crippen LogP contribution in [-0.2, 0) is 14.3 Å². The van der Waals surface area contributed by atoms with Crippen molar-refractivity contribution in [2.24, 2.45) is 11.3 Å². The van der Waals surface area contributed by atoms with Crippen LogP contribution in [0.5, 0.6) is 0 Å². The Hall–Kier alpha value is -0.900. The molecular weight excluding hydrogens is 242 g/mol. The molecule has 0 saturated carbocycles. The van der Waals surface area contributed by atoms with Crippen molar-refractivity contribution in [3.8, 4) is 0 Å². The number of nitrogens with one attached hydrogen (secondary N) is 1. The predicted octanol–water partition coefficient (Wildman–Crippen LogP) is 2.56. The molecule has 0 unspecified atom stereocenters. The van der Waals surface area contributed by atoms with E-state index in [-0.39, 0.29) is 23.7 Å². The van der Waals surface area contributed by atoms with Gasteiger partial charge in [-0.2, -0.15) is 0 Å². The van der Waals surface area contributed by atoms with Gasteiger partial charge in [-0.05, 0) is 17.8 Å². The Labute approximate surface area is 117 Å². The molecule has 0 rings (SSSR count). The molecule has 0 saturated heterocycles. The summed E-state index contributed by atoms with van der Waals surface area (Å²) in [5.41, 5.74) is 0.0719. The number of carbonyl (C=O) groups is 2. The SMILES string of the molecule is CC(C)CCC(=O)CCOCC(=O)NCC(C)(C)C. The van der Waals surface area contributed by atoms with Crippen molar-refractivity contribution in [3.63, 3.8) is 0 Å². The molecule has 4 nitrogen and oxygen atoms in total. The number of hydrogen-bond donors (Lipinski definition) is 1. The van der Waals surface area contributed by atoms with Crippen LogP contribution in [0.25, 0.3) is 0 Å². The van der Waals surface area contributed by atoms with Crippen molar-refractivity contribution < 1.29 is 14.3 Å². The average Bonchev–Trinajstić information content (AvgIpc) is 2.28. The third-order valence-corrected chi connectivity index (χ3v) is 2.57. The van der Waals surface area contributed by atoms with Crippen molar-refractivity contribution in [3.05, 3.63) is 0 Å².